The maximum atomic E-state index is 12.9. The molecule has 0 spiro atoms. The van der Waals surface area contributed by atoms with Gasteiger partial charge in [-0.15, -0.1) is 0 Å². The first-order valence-corrected chi connectivity index (χ1v) is 8.90. The van der Waals surface area contributed by atoms with Crippen LogP contribution in [0.4, 0.5) is 26.3 Å². The molecule has 0 saturated carbocycles. The molecule has 0 fully saturated rings. The number of hydrogen-bond acceptors (Lipinski definition) is 4. The van der Waals surface area contributed by atoms with E-state index in [2.05, 4.69) is 6.58 Å². The highest BCUT2D eigenvalue weighted by atomic mass is 19.4. The van der Waals surface area contributed by atoms with Gasteiger partial charge in [0.05, 0.1) is 12.2 Å². The molecule has 0 unspecified atom stereocenters. The first-order chi connectivity index (χ1) is 14.0. The molecular weight excluding hydrogens is 430 g/mol. The van der Waals surface area contributed by atoms with Crippen LogP contribution in [0.15, 0.2) is 48.6 Å². The van der Waals surface area contributed by atoms with Crippen LogP contribution in [-0.4, -0.2) is 35.6 Å². The molecule has 4 nitrogen and oxygen atoms in total. The molecule has 0 heterocycles. The van der Waals surface area contributed by atoms with Gasteiger partial charge >= 0.3 is 18.3 Å². The number of alkyl halides is 6. The van der Waals surface area contributed by atoms with Crippen molar-refractivity contribution < 1.29 is 45.7 Å². The summed E-state index contributed by atoms with van der Waals surface area (Å²) >= 11 is 0. The Morgan fingerprint density at radius 2 is 1.61 bits per heavy atom. The van der Waals surface area contributed by atoms with E-state index in [0.717, 1.165) is 0 Å². The number of carbonyl (C=O) groups excluding carboxylic acids is 1. The van der Waals surface area contributed by atoms with Crippen LogP contribution in [0.1, 0.15) is 26.3 Å². The molecule has 2 rings (SSSR count). The number of aliphatic hydroxyl groups is 1. The summed E-state index contributed by atoms with van der Waals surface area (Å²) in [5.41, 5.74) is -6.22. The van der Waals surface area contributed by atoms with Gasteiger partial charge in [-0.2, -0.15) is 26.3 Å². The molecule has 0 saturated heterocycles. The highest BCUT2D eigenvalue weighted by Gasteiger charge is 2.71. The quantitative estimate of drug-likeness (QED) is 0.276. The van der Waals surface area contributed by atoms with E-state index in [-0.39, 0.29) is 16.9 Å². The Balaban J connectivity index is 2.39. The largest absolute Gasteiger partial charge is 0.428 e. The van der Waals surface area contributed by atoms with Gasteiger partial charge < -0.3 is 14.6 Å². The van der Waals surface area contributed by atoms with E-state index in [4.69, 9.17) is 9.47 Å². The maximum absolute atomic E-state index is 12.9. The van der Waals surface area contributed by atoms with Crippen molar-refractivity contribution in [3.05, 3.63) is 54.1 Å². The van der Waals surface area contributed by atoms with Crippen LogP contribution in [0.5, 0.6) is 5.75 Å². The first-order valence-electron chi connectivity index (χ1n) is 8.90. The summed E-state index contributed by atoms with van der Waals surface area (Å²) in [7, 11) is 0. The lowest BCUT2D eigenvalue weighted by atomic mass is 9.91. The fourth-order valence-corrected chi connectivity index (χ4v) is 2.73. The molecule has 2 aromatic carbocycles. The minimum Gasteiger partial charge on any atom is -0.423 e. The second-order valence-corrected chi connectivity index (χ2v) is 7.51. The Bertz CT molecular complexity index is 978. The van der Waals surface area contributed by atoms with Gasteiger partial charge in [-0.25, -0.2) is 4.79 Å². The van der Waals surface area contributed by atoms with Crippen LogP contribution in [0, 0.1) is 0 Å². The highest BCUT2D eigenvalue weighted by molar-refractivity contribution is 5.91. The van der Waals surface area contributed by atoms with Crippen LogP contribution >= 0.6 is 0 Å². The second-order valence-electron chi connectivity index (χ2n) is 7.51. The summed E-state index contributed by atoms with van der Waals surface area (Å²) < 4.78 is 87.7. The highest BCUT2D eigenvalue weighted by Crippen LogP contribution is 2.44. The lowest BCUT2D eigenvalue weighted by Crippen LogP contribution is -2.60. The van der Waals surface area contributed by atoms with Gasteiger partial charge in [-0.1, -0.05) is 30.8 Å². The van der Waals surface area contributed by atoms with Crippen molar-refractivity contribution in [3.8, 4) is 5.75 Å². The average molecular weight is 450 g/mol. The van der Waals surface area contributed by atoms with Crippen molar-refractivity contribution in [1.29, 1.82) is 0 Å². The number of hydrogen-bond donors (Lipinski definition) is 1. The van der Waals surface area contributed by atoms with Gasteiger partial charge in [0, 0.05) is 5.57 Å². The lowest BCUT2D eigenvalue weighted by Gasteiger charge is -2.36. The van der Waals surface area contributed by atoms with E-state index in [0.29, 0.717) is 10.8 Å². The zero-order chi connectivity index (χ0) is 23.8. The Hall–Kier alpha value is -2.59. The van der Waals surface area contributed by atoms with Gasteiger partial charge in [-0.05, 0) is 49.2 Å². The summed E-state index contributed by atoms with van der Waals surface area (Å²) in [4.78, 5) is 11.7. The molecule has 0 aliphatic heterocycles. The van der Waals surface area contributed by atoms with Gasteiger partial charge in [0.25, 0.3) is 5.60 Å². The van der Waals surface area contributed by atoms with Crippen molar-refractivity contribution in [1.82, 2.24) is 0 Å². The fraction of sp³-hybridized carbons (Fsp3) is 0.381. The fourth-order valence-electron chi connectivity index (χ4n) is 2.73. The van der Waals surface area contributed by atoms with E-state index >= 15 is 0 Å². The number of benzene rings is 2. The van der Waals surface area contributed by atoms with Crippen molar-refractivity contribution in [2.45, 2.75) is 44.3 Å². The summed E-state index contributed by atoms with van der Waals surface area (Å²) in [6, 6.07) is 9.02. The van der Waals surface area contributed by atoms with Crippen LogP contribution in [0.2, 0.25) is 0 Å². The molecule has 0 radical (unpaired) electrons. The smallest absolute Gasteiger partial charge is 0.423 e. The van der Waals surface area contributed by atoms with E-state index in [1.54, 1.807) is 6.07 Å². The molecule has 0 bridgehead atoms. The molecule has 0 amide bonds. The minimum atomic E-state index is -5.98. The Labute approximate surface area is 174 Å². The van der Waals surface area contributed by atoms with Crippen LogP contribution in [0.25, 0.3) is 10.8 Å². The number of ether oxygens (including phenoxy) is 2. The van der Waals surface area contributed by atoms with E-state index in [9.17, 15) is 36.2 Å². The van der Waals surface area contributed by atoms with E-state index in [1.165, 1.54) is 51.1 Å². The Morgan fingerprint density at radius 3 is 2.13 bits per heavy atom. The third-order valence-electron chi connectivity index (χ3n) is 4.64. The molecule has 0 atom stereocenters. The summed E-state index contributed by atoms with van der Waals surface area (Å²) in [5.74, 6) is -0.474. The third kappa shape index (κ3) is 5.01. The molecular formula is C21H20F6O4. The van der Waals surface area contributed by atoms with Crippen LogP contribution in [-0.2, 0) is 15.1 Å². The molecule has 10 heteroatoms. The third-order valence-corrected chi connectivity index (χ3v) is 4.64. The average Bonchev–Trinajstić information content (AvgIpc) is 2.63. The van der Waals surface area contributed by atoms with Crippen molar-refractivity contribution in [2.24, 2.45) is 0 Å². The van der Waals surface area contributed by atoms with Crippen molar-refractivity contribution >= 4 is 16.7 Å². The van der Waals surface area contributed by atoms with Crippen LogP contribution < -0.4 is 4.74 Å². The zero-order valence-corrected chi connectivity index (χ0v) is 16.8. The second kappa shape index (κ2) is 8.16. The summed E-state index contributed by atoms with van der Waals surface area (Å²) in [5, 5.41) is 10.3. The van der Waals surface area contributed by atoms with E-state index < -0.39 is 36.1 Å². The van der Waals surface area contributed by atoms with Crippen molar-refractivity contribution in [2.75, 3.05) is 6.61 Å². The maximum Gasteiger partial charge on any atom is 0.428 e. The Kier molecular flexibility index (Phi) is 6.49. The SMILES string of the molecule is C=C(C)C(=O)Oc1ccc2c(C(C)(C)OCC(O)(C(F)(F)F)C(F)(F)F)cccc2c1. The molecule has 0 aromatic heterocycles. The standard InChI is InChI=1S/C21H20F6O4/c1-12(2)17(28)31-14-8-9-15-13(10-14)6-5-7-16(15)18(3,4)30-11-19(29,20(22,23)24)21(25,26)27/h5-10,29H,1,11H2,2-4H3. The van der Waals surface area contributed by atoms with Gasteiger partial charge in [0.2, 0.25) is 0 Å². The number of carbonyl (C=O) groups is 1. The zero-order valence-electron chi connectivity index (χ0n) is 16.8. The van der Waals surface area contributed by atoms with Gasteiger partial charge in [0.15, 0.2) is 0 Å². The molecule has 0 aliphatic rings. The molecule has 1 N–H and O–H groups in total. The monoisotopic (exact) mass is 450 g/mol. The molecule has 31 heavy (non-hydrogen) atoms. The molecule has 0 aliphatic carbocycles. The summed E-state index contributed by atoms with van der Waals surface area (Å²) in [6.45, 7) is 5.45. The van der Waals surface area contributed by atoms with Gasteiger partial charge in [0.1, 0.15) is 5.75 Å². The summed E-state index contributed by atoms with van der Waals surface area (Å²) in [6.07, 6.45) is -12.0. The van der Waals surface area contributed by atoms with Crippen LogP contribution in [0.3, 0.4) is 0 Å². The number of rotatable bonds is 6. The number of fused-ring (bicyclic) bond motifs is 1. The number of halogens is 6. The predicted octanol–water partition coefficient (Wildman–Crippen LogP) is 5.43. The van der Waals surface area contributed by atoms with Gasteiger partial charge in [-0.3, -0.25) is 0 Å². The lowest BCUT2D eigenvalue weighted by molar-refractivity contribution is -0.382. The topological polar surface area (TPSA) is 55.8 Å². The minimum absolute atomic E-state index is 0.171. The van der Waals surface area contributed by atoms with Crippen molar-refractivity contribution in [3.63, 3.8) is 0 Å². The molecule has 2 aromatic rings. The normalized spacial score (nSPS) is 13.4. The Morgan fingerprint density at radius 1 is 1.03 bits per heavy atom. The first kappa shape index (κ1) is 24.7. The predicted molar refractivity (Wildman–Crippen MR) is 100 cm³/mol. The number of esters is 1. The van der Waals surface area contributed by atoms with E-state index in [1.807, 2.05) is 0 Å². The molecule has 170 valence electrons.